The summed E-state index contributed by atoms with van der Waals surface area (Å²) in [5.41, 5.74) is 0.378. The average molecular weight is 208 g/mol. The van der Waals surface area contributed by atoms with Crippen molar-refractivity contribution in [3.8, 4) is 11.5 Å². The molecule has 0 saturated heterocycles. The van der Waals surface area contributed by atoms with Crippen LogP contribution in [0.2, 0.25) is 0 Å². The molecule has 0 aliphatic rings. The summed E-state index contributed by atoms with van der Waals surface area (Å²) in [6.07, 6.45) is 1.76. The van der Waals surface area contributed by atoms with Gasteiger partial charge in [-0.05, 0) is 12.1 Å². The molecule has 1 aromatic rings. The summed E-state index contributed by atoms with van der Waals surface area (Å²) in [4.78, 5) is 11.5. The summed E-state index contributed by atoms with van der Waals surface area (Å²) in [7, 11) is 3.00. The fourth-order valence-electron chi connectivity index (χ4n) is 1.16. The molecular formula is C11H12O4. The Morgan fingerprint density at radius 3 is 2.60 bits per heavy atom. The Balaban J connectivity index is 3.12. The predicted molar refractivity (Wildman–Crippen MR) is 55.6 cm³/mol. The van der Waals surface area contributed by atoms with Crippen molar-refractivity contribution in [1.82, 2.24) is 0 Å². The van der Waals surface area contributed by atoms with Crippen LogP contribution in [0.15, 0.2) is 30.5 Å². The molecule has 1 rings (SSSR count). The van der Waals surface area contributed by atoms with Gasteiger partial charge < -0.3 is 14.6 Å². The van der Waals surface area contributed by atoms with Crippen molar-refractivity contribution in [2.24, 2.45) is 0 Å². The Kier molecular flexibility index (Phi) is 3.74. The Morgan fingerprint density at radius 2 is 2.07 bits per heavy atom. The molecule has 0 heterocycles. The Hall–Kier alpha value is -1.97. The van der Waals surface area contributed by atoms with Gasteiger partial charge in [0.15, 0.2) is 5.78 Å². The molecule has 0 bridgehead atoms. The number of carbonyl (C=O) groups excluding carboxylic acids is 1. The molecule has 4 nitrogen and oxygen atoms in total. The first kappa shape index (κ1) is 11.1. The lowest BCUT2D eigenvalue weighted by atomic mass is 10.1. The number of ketones is 1. The zero-order valence-electron chi connectivity index (χ0n) is 8.56. The van der Waals surface area contributed by atoms with E-state index in [1.165, 1.54) is 14.2 Å². The van der Waals surface area contributed by atoms with Gasteiger partial charge in [-0.3, -0.25) is 4.79 Å². The number of methoxy groups -OCH3 is 2. The minimum absolute atomic E-state index is 0.322. The minimum atomic E-state index is -0.322. The number of carbonyl (C=O) groups is 1. The van der Waals surface area contributed by atoms with Crippen LogP contribution in [0.3, 0.4) is 0 Å². The van der Waals surface area contributed by atoms with Gasteiger partial charge in [-0.2, -0.15) is 0 Å². The number of allylic oxidation sites excluding steroid dienone is 1. The fraction of sp³-hybridized carbons (Fsp3) is 0.182. The molecule has 1 N–H and O–H groups in total. The van der Waals surface area contributed by atoms with Crippen LogP contribution in [-0.4, -0.2) is 25.1 Å². The molecule has 0 radical (unpaired) electrons. The molecule has 80 valence electrons. The smallest absolute Gasteiger partial charge is 0.192 e. The third kappa shape index (κ3) is 2.49. The van der Waals surface area contributed by atoms with Gasteiger partial charge in [0.2, 0.25) is 0 Å². The Morgan fingerprint density at radius 1 is 1.33 bits per heavy atom. The van der Waals surface area contributed by atoms with Gasteiger partial charge in [0.05, 0.1) is 26.0 Å². The summed E-state index contributed by atoms with van der Waals surface area (Å²) >= 11 is 0. The third-order valence-electron chi connectivity index (χ3n) is 1.90. The van der Waals surface area contributed by atoms with Crippen molar-refractivity contribution in [3.05, 3.63) is 36.1 Å². The second-order valence-electron chi connectivity index (χ2n) is 2.75. The van der Waals surface area contributed by atoms with E-state index in [2.05, 4.69) is 0 Å². The van der Waals surface area contributed by atoms with Crippen molar-refractivity contribution in [2.45, 2.75) is 0 Å². The molecule has 0 atom stereocenters. The van der Waals surface area contributed by atoms with Gasteiger partial charge in [0, 0.05) is 12.1 Å². The SMILES string of the molecule is COc1ccc(C(=O)C=CO)c(OC)c1. The van der Waals surface area contributed by atoms with E-state index in [-0.39, 0.29) is 5.78 Å². The van der Waals surface area contributed by atoms with Crippen LogP contribution in [-0.2, 0) is 0 Å². The standard InChI is InChI=1S/C11H12O4/c1-14-8-3-4-9(10(13)5-6-12)11(7-8)15-2/h3-7,12H,1-2H3. The van der Waals surface area contributed by atoms with Gasteiger partial charge in [0.25, 0.3) is 0 Å². The maximum Gasteiger partial charge on any atom is 0.192 e. The highest BCUT2D eigenvalue weighted by molar-refractivity contribution is 6.06. The van der Waals surface area contributed by atoms with Crippen molar-refractivity contribution >= 4 is 5.78 Å². The van der Waals surface area contributed by atoms with Crippen LogP contribution in [0.4, 0.5) is 0 Å². The summed E-state index contributed by atoms with van der Waals surface area (Å²) in [5.74, 6) is 0.700. The first-order valence-electron chi connectivity index (χ1n) is 4.30. The molecule has 1 aromatic carbocycles. The van der Waals surface area contributed by atoms with Crippen LogP contribution in [0.5, 0.6) is 11.5 Å². The van der Waals surface area contributed by atoms with E-state index in [4.69, 9.17) is 14.6 Å². The van der Waals surface area contributed by atoms with Crippen LogP contribution >= 0.6 is 0 Å². The average Bonchev–Trinajstić information content (AvgIpc) is 2.28. The van der Waals surface area contributed by atoms with Crippen LogP contribution in [0, 0.1) is 0 Å². The van der Waals surface area contributed by atoms with Crippen molar-refractivity contribution in [2.75, 3.05) is 14.2 Å². The lowest BCUT2D eigenvalue weighted by Crippen LogP contribution is -1.99. The topological polar surface area (TPSA) is 55.8 Å². The van der Waals surface area contributed by atoms with Crippen molar-refractivity contribution < 1.29 is 19.4 Å². The van der Waals surface area contributed by atoms with Crippen molar-refractivity contribution in [3.63, 3.8) is 0 Å². The van der Waals surface area contributed by atoms with E-state index in [0.717, 1.165) is 6.08 Å². The number of benzene rings is 1. The summed E-state index contributed by atoms with van der Waals surface area (Å²) in [6, 6.07) is 4.85. The number of rotatable bonds is 4. The first-order valence-corrected chi connectivity index (χ1v) is 4.30. The predicted octanol–water partition coefficient (Wildman–Crippen LogP) is 1.96. The molecule has 4 heteroatoms. The van der Waals surface area contributed by atoms with E-state index < -0.39 is 0 Å². The molecule has 0 aliphatic carbocycles. The molecule has 0 saturated carbocycles. The van der Waals surface area contributed by atoms with Gasteiger partial charge >= 0.3 is 0 Å². The fourth-order valence-corrected chi connectivity index (χ4v) is 1.16. The monoisotopic (exact) mass is 208 g/mol. The molecule has 15 heavy (non-hydrogen) atoms. The van der Waals surface area contributed by atoms with Crippen molar-refractivity contribution in [1.29, 1.82) is 0 Å². The third-order valence-corrected chi connectivity index (χ3v) is 1.90. The Bertz CT molecular complexity index is 382. The second kappa shape index (κ2) is 5.05. The molecular weight excluding hydrogens is 196 g/mol. The quantitative estimate of drug-likeness (QED) is 0.467. The first-order chi connectivity index (χ1) is 7.22. The number of aliphatic hydroxyl groups is 1. The maximum absolute atomic E-state index is 11.5. The molecule has 0 aliphatic heterocycles. The Labute approximate surface area is 87.7 Å². The molecule has 0 spiro atoms. The highest BCUT2D eigenvalue weighted by atomic mass is 16.5. The van der Waals surface area contributed by atoms with E-state index in [1.54, 1.807) is 18.2 Å². The summed E-state index contributed by atoms with van der Waals surface area (Å²) in [6.45, 7) is 0. The molecule has 0 fully saturated rings. The van der Waals surface area contributed by atoms with E-state index >= 15 is 0 Å². The number of aliphatic hydroxyl groups excluding tert-OH is 1. The van der Waals surface area contributed by atoms with E-state index in [0.29, 0.717) is 23.3 Å². The number of ether oxygens (including phenoxy) is 2. The van der Waals surface area contributed by atoms with Crippen LogP contribution in [0.25, 0.3) is 0 Å². The molecule has 0 aromatic heterocycles. The zero-order valence-corrected chi connectivity index (χ0v) is 8.56. The highest BCUT2D eigenvalue weighted by Gasteiger charge is 2.10. The highest BCUT2D eigenvalue weighted by Crippen LogP contribution is 2.24. The minimum Gasteiger partial charge on any atom is -0.515 e. The lowest BCUT2D eigenvalue weighted by molar-refractivity contribution is 0.104. The normalized spacial score (nSPS) is 10.3. The van der Waals surface area contributed by atoms with Crippen LogP contribution in [0.1, 0.15) is 10.4 Å². The second-order valence-corrected chi connectivity index (χ2v) is 2.75. The van der Waals surface area contributed by atoms with Crippen LogP contribution < -0.4 is 9.47 Å². The maximum atomic E-state index is 11.5. The van der Waals surface area contributed by atoms with Gasteiger partial charge in [-0.15, -0.1) is 0 Å². The molecule has 0 amide bonds. The van der Waals surface area contributed by atoms with Gasteiger partial charge in [0.1, 0.15) is 11.5 Å². The van der Waals surface area contributed by atoms with Gasteiger partial charge in [-0.25, -0.2) is 0 Å². The number of hydrogen-bond acceptors (Lipinski definition) is 4. The largest absolute Gasteiger partial charge is 0.515 e. The lowest BCUT2D eigenvalue weighted by Gasteiger charge is -2.07. The zero-order chi connectivity index (χ0) is 11.3. The summed E-state index contributed by atoms with van der Waals surface area (Å²) in [5, 5.41) is 8.50. The number of hydrogen-bond donors (Lipinski definition) is 1. The summed E-state index contributed by atoms with van der Waals surface area (Å²) < 4.78 is 10.0. The van der Waals surface area contributed by atoms with Gasteiger partial charge in [-0.1, -0.05) is 0 Å². The van der Waals surface area contributed by atoms with E-state index in [9.17, 15) is 4.79 Å². The molecule has 0 unspecified atom stereocenters. The van der Waals surface area contributed by atoms with E-state index in [1.807, 2.05) is 0 Å².